The molecule has 0 amide bonds. The van der Waals surface area contributed by atoms with E-state index in [-0.39, 0.29) is 34.9 Å². The lowest BCUT2D eigenvalue weighted by atomic mass is 10.1. The van der Waals surface area contributed by atoms with Gasteiger partial charge in [0.15, 0.2) is 5.96 Å². The fourth-order valence-electron chi connectivity index (χ4n) is 2.90. The molecule has 2 N–H and O–H groups in total. The van der Waals surface area contributed by atoms with Crippen molar-refractivity contribution in [2.75, 3.05) is 20.7 Å². The predicted molar refractivity (Wildman–Crippen MR) is 141 cm³/mol. The summed E-state index contributed by atoms with van der Waals surface area (Å²) in [5.74, 6) is 1.52. The number of guanidine groups is 1. The molecule has 0 aliphatic heterocycles. The van der Waals surface area contributed by atoms with Gasteiger partial charge < -0.3 is 15.4 Å². The molecule has 7 nitrogen and oxygen atoms in total. The van der Waals surface area contributed by atoms with Crippen molar-refractivity contribution in [2.24, 2.45) is 4.99 Å². The number of aryl methyl sites for hydroxylation is 1. The molecule has 0 aliphatic rings. The Morgan fingerprint density at radius 1 is 1.12 bits per heavy atom. The summed E-state index contributed by atoms with van der Waals surface area (Å²) in [4.78, 5) is 4.91. The molecule has 0 heterocycles. The van der Waals surface area contributed by atoms with E-state index in [4.69, 9.17) is 4.74 Å². The SMILES string of the molecule is CCNC(=NCc1ccc(S(=O)(=O)N(C)C(C)C)cc1)NCc1ccc(C)cc1OC.I. The highest BCUT2D eigenvalue weighted by Gasteiger charge is 2.22. The van der Waals surface area contributed by atoms with Gasteiger partial charge in [-0.1, -0.05) is 24.3 Å². The average molecular weight is 575 g/mol. The summed E-state index contributed by atoms with van der Waals surface area (Å²) in [6.07, 6.45) is 0. The number of aliphatic imine (C=N–C) groups is 1. The molecular formula is C23H35IN4O3S. The van der Waals surface area contributed by atoms with Crippen LogP contribution in [0, 0.1) is 6.92 Å². The van der Waals surface area contributed by atoms with Crippen molar-refractivity contribution in [3.05, 3.63) is 59.2 Å². The van der Waals surface area contributed by atoms with Crippen LogP contribution in [0.4, 0.5) is 0 Å². The highest BCUT2D eigenvalue weighted by Crippen LogP contribution is 2.20. The van der Waals surface area contributed by atoms with E-state index < -0.39 is 10.0 Å². The highest BCUT2D eigenvalue weighted by atomic mass is 127. The zero-order valence-electron chi connectivity index (χ0n) is 19.7. The Labute approximate surface area is 209 Å². The molecule has 0 radical (unpaired) electrons. The highest BCUT2D eigenvalue weighted by molar-refractivity contribution is 14.0. The molecule has 0 saturated heterocycles. The smallest absolute Gasteiger partial charge is 0.243 e. The van der Waals surface area contributed by atoms with Crippen molar-refractivity contribution >= 4 is 40.0 Å². The van der Waals surface area contributed by atoms with Gasteiger partial charge in [0.25, 0.3) is 0 Å². The van der Waals surface area contributed by atoms with Crippen LogP contribution >= 0.6 is 24.0 Å². The van der Waals surface area contributed by atoms with Crippen molar-refractivity contribution in [2.45, 2.75) is 51.7 Å². The van der Waals surface area contributed by atoms with Gasteiger partial charge in [-0.15, -0.1) is 24.0 Å². The Bertz CT molecular complexity index is 993. The Morgan fingerprint density at radius 2 is 1.78 bits per heavy atom. The molecule has 2 rings (SSSR count). The third-order valence-electron chi connectivity index (χ3n) is 4.98. The third kappa shape index (κ3) is 7.63. The second kappa shape index (κ2) is 13.0. The second-order valence-corrected chi connectivity index (χ2v) is 9.62. The molecule has 9 heteroatoms. The summed E-state index contributed by atoms with van der Waals surface area (Å²) in [5.41, 5.74) is 3.12. The first kappa shape index (κ1) is 28.2. The summed E-state index contributed by atoms with van der Waals surface area (Å²) >= 11 is 0. The summed E-state index contributed by atoms with van der Waals surface area (Å²) in [6, 6.07) is 12.9. The first-order valence-corrected chi connectivity index (χ1v) is 11.9. The van der Waals surface area contributed by atoms with E-state index in [0.29, 0.717) is 19.0 Å². The molecule has 178 valence electrons. The number of ether oxygens (including phenoxy) is 1. The number of benzene rings is 2. The van der Waals surface area contributed by atoms with Gasteiger partial charge in [0.2, 0.25) is 10.0 Å². The van der Waals surface area contributed by atoms with Gasteiger partial charge in [-0.05, 0) is 57.0 Å². The minimum atomic E-state index is -3.48. The van der Waals surface area contributed by atoms with Gasteiger partial charge in [0.05, 0.1) is 18.6 Å². The lowest BCUT2D eigenvalue weighted by Gasteiger charge is -2.21. The zero-order valence-corrected chi connectivity index (χ0v) is 22.8. The molecule has 0 atom stereocenters. The molecule has 0 aromatic heterocycles. The summed E-state index contributed by atoms with van der Waals surface area (Å²) < 4.78 is 32.0. The maximum absolute atomic E-state index is 12.6. The number of rotatable bonds is 9. The standard InChI is InChI=1S/C23H34N4O3S.HI/c1-7-24-23(26-16-20-11-8-18(4)14-22(20)30-6)25-15-19-9-12-21(13-10-19)31(28,29)27(5)17(2)3;/h8-14,17H,7,15-16H2,1-6H3,(H2,24,25,26);1H. The van der Waals surface area contributed by atoms with Crippen LogP contribution in [-0.2, 0) is 23.1 Å². The van der Waals surface area contributed by atoms with Gasteiger partial charge in [-0.2, -0.15) is 4.31 Å². The van der Waals surface area contributed by atoms with Gasteiger partial charge in [-0.3, -0.25) is 0 Å². The molecule has 2 aromatic rings. The number of hydrogen-bond acceptors (Lipinski definition) is 4. The van der Waals surface area contributed by atoms with Crippen LogP contribution in [0.25, 0.3) is 0 Å². The van der Waals surface area contributed by atoms with Crippen LogP contribution in [0.3, 0.4) is 0 Å². The van der Waals surface area contributed by atoms with E-state index in [9.17, 15) is 8.42 Å². The topological polar surface area (TPSA) is 83.0 Å². The Balaban J connectivity index is 0.00000512. The van der Waals surface area contributed by atoms with E-state index in [1.165, 1.54) is 4.31 Å². The molecular weight excluding hydrogens is 539 g/mol. The summed E-state index contributed by atoms with van der Waals surface area (Å²) in [7, 11) is -0.223. The number of methoxy groups -OCH3 is 1. The van der Waals surface area contributed by atoms with Crippen LogP contribution in [0.1, 0.15) is 37.5 Å². The summed E-state index contributed by atoms with van der Waals surface area (Å²) in [6.45, 7) is 9.48. The maximum atomic E-state index is 12.6. The number of halogens is 1. The van der Waals surface area contributed by atoms with Crippen LogP contribution in [0.5, 0.6) is 5.75 Å². The second-order valence-electron chi connectivity index (χ2n) is 7.62. The van der Waals surface area contributed by atoms with Gasteiger partial charge in [-0.25, -0.2) is 13.4 Å². The first-order valence-electron chi connectivity index (χ1n) is 10.4. The van der Waals surface area contributed by atoms with E-state index in [1.807, 2.05) is 39.8 Å². The van der Waals surface area contributed by atoms with Crippen molar-refractivity contribution in [1.29, 1.82) is 0 Å². The number of sulfonamides is 1. The normalized spacial score (nSPS) is 11.9. The fraction of sp³-hybridized carbons (Fsp3) is 0.435. The van der Waals surface area contributed by atoms with E-state index in [0.717, 1.165) is 29.0 Å². The van der Waals surface area contributed by atoms with Crippen molar-refractivity contribution in [1.82, 2.24) is 14.9 Å². The largest absolute Gasteiger partial charge is 0.496 e. The minimum absolute atomic E-state index is 0. The quantitative estimate of drug-likeness (QED) is 0.270. The Kier molecular flexibility index (Phi) is 11.5. The van der Waals surface area contributed by atoms with Gasteiger partial charge >= 0.3 is 0 Å². The van der Waals surface area contributed by atoms with Crippen LogP contribution in [0.2, 0.25) is 0 Å². The van der Waals surface area contributed by atoms with Crippen LogP contribution in [0.15, 0.2) is 52.4 Å². The Hall–Kier alpha value is -1.85. The van der Waals surface area contributed by atoms with E-state index >= 15 is 0 Å². The molecule has 0 unspecified atom stereocenters. The molecule has 32 heavy (non-hydrogen) atoms. The number of hydrogen-bond donors (Lipinski definition) is 2. The predicted octanol–water partition coefficient (Wildman–Crippen LogP) is 3.91. The minimum Gasteiger partial charge on any atom is -0.496 e. The van der Waals surface area contributed by atoms with Crippen LogP contribution < -0.4 is 15.4 Å². The molecule has 2 aromatic carbocycles. The first-order chi connectivity index (χ1) is 14.7. The molecule has 0 saturated carbocycles. The molecule has 0 bridgehead atoms. The van der Waals surface area contributed by atoms with Crippen molar-refractivity contribution < 1.29 is 13.2 Å². The van der Waals surface area contributed by atoms with E-state index in [1.54, 1.807) is 38.4 Å². The molecule has 0 spiro atoms. The monoisotopic (exact) mass is 574 g/mol. The lowest BCUT2D eigenvalue weighted by molar-refractivity contribution is 0.408. The summed E-state index contributed by atoms with van der Waals surface area (Å²) in [5, 5.41) is 6.55. The van der Waals surface area contributed by atoms with Crippen molar-refractivity contribution in [3.63, 3.8) is 0 Å². The Morgan fingerprint density at radius 3 is 2.34 bits per heavy atom. The molecule has 0 aliphatic carbocycles. The van der Waals surface area contributed by atoms with Crippen molar-refractivity contribution in [3.8, 4) is 5.75 Å². The third-order valence-corrected chi connectivity index (χ3v) is 7.03. The average Bonchev–Trinajstić information content (AvgIpc) is 2.75. The van der Waals surface area contributed by atoms with Gasteiger partial charge in [0, 0.05) is 31.7 Å². The number of nitrogens with one attached hydrogen (secondary N) is 2. The van der Waals surface area contributed by atoms with Gasteiger partial charge in [0.1, 0.15) is 5.75 Å². The lowest BCUT2D eigenvalue weighted by Crippen LogP contribution is -2.36. The molecule has 0 fully saturated rings. The maximum Gasteiger partial charge on any atom is 0.243 e. The van der Waals surface area contributed by atoms with E-state index in [2.05, 4.69) is 21.7 Å². The fourth-order valence-corrected chi connectivity index (χ4v) is 4.27. The number of nitrogens with zero attached hydrogens (tertiary/aromatic N) is 2. The zero-order chi connectivity index (χ0) is 23.0. The van der Waals surface area contributed by atoms with Crippen LogP contribution in [-0.4, -0.2) is 45.4 Å².